The zero-order chi connectivity index (χ0) is 21.8. The largest absolute Gasteiger partial charge is 0.416 e. The summed E-state index contributed by atoms with van der Waals surface area (Å²) >= 11 is 0. The summed E-state index contributed by atoms with van der Waals surface area (Å²) in [5.74, 6) is 0.0494. The molecule has 2 heterocycles. The summed E-state index contributed by atoms with van der Waals surface area (Å²) in [6.07, 6.45) is -1.06. The number of aromatic nitrogens is 3. The standard InChI is InChI=1S/C22H15F3N4O2/c23-22(24,25)17-8-3-6-15(11-17)21(30)27-18-9-2-1-5-14(18)12-19-28-20(29-31-19)16-7-4-10-26-13-16/h1-11,13H,12H2,(H,27,30). The third-order valence-electron chi connectivity index (χ3n) is 4.45. The maximum Gasteiger partial charge on any atom is 0.416 e. The van der Waals surface area contributed by atoms with Gasteiger partial charge in [0.1, 0.15) is 0 Å². The second-order valence-electron chi connectivity index (χ2n) is 6.62. The summed E-state index contributed by atoms with van der Waals surface area (Å²) in [7, 11) is 0. The Kier molecular flexibility index (Phi) is 5.48. The lowest BCUT2D eigenvalue weighted by Gasteiger charge is -2.11. The van der Waals surface area contributed by atoms with Gasteiger partial charge < -0.3 is 9.84 Å². The van der Waals surface area contributed by atoms with Gasteiger partial charge in [-0.15, -0.1) is 0 Å². The van der Waals surface area contributed by atoms with Crippen LogP contribution >= 0.6 is 0 Å². The first kappa shape index (κ1) is 20.3. The molecular weight excluding hydrogens is 409 g/mol. The van der Waals surface area contributed by atoms with Gasteiger partial charge in [0.05, 0.1) is 12.0 Å². The predicted octanol–water partition coefficient (Wildman–Crippen LogP) is 4.99. The normalized spacial score (nSPS) is 11.3. The number of para-hydroxylation sites is 1. The Hall–Kier alpha value is -4.01. The lowest BCUT2D eigenvalue weighted by molar-refractivity contribution is -0.137. The van der Waals surface area contributed by atoms with Crippen LogP contribution in [0, 0.1) is 0 Å². The Morgan fingerprint density at radius 3 is 2.65 bits per heavy atom. The molecule has 9 heteroatoms. The number of rotatable bonds is 5. The molecule has 0 fully saturated rings. The number of hydrogen-bond donors (Lipinski definition) is 1. The van der Waals surface area contributed by atoms with Crippen molar-refractivity contribution >= 4 is 11.6 Å². The van der Waals surface area contributed by atoms with E-state index in [1.807, 2.05) is 0 Å². The van der Waals surface area contributed by atoms with E-state index < -0.39 is 17.6 Å². The minimum Gasteiger partial charge on any atom is -0.339 e. The second-order valence-corrected chi connectivity index (χ2v) is 6.62. The highest BCUT2D eigenvalue weighted by molar-refractivity contribution is 6.04. The summed E-state index contributed by atoms with van der Waals surface area (Å²) in [6, 6.07) is 14.7. The molecule has 1 amide bonds. The average Bonchev–Trinajstić information content (AvgIpc) is 3.24. The number of pyridine rings is 1. The number of carbonyl (C=O) groups is 1. The van der Waals surface area contributed by atoms with E-state index in [-0.39, 0.29) is 12.0 Å². The van der Waals surface area contributed by atoms with Crippen molar-refractivity contribution in [3.05, 3.63) is 95.6 Å². The lowest BCUT2D eigenvalue weighted by atomic mass is 10.1. The first-order valence-electron chi connectivity index (χ1n) is 9.19. The lowest BCUT2D eigenvalue weighted by Crippen LogP contribution is -2.15. The molecule has 0 spiro atoms. The molecule has 0 unspecified atom stereocenters. The van der Waals surface area contributed by atoms with Crippen LogP contribution < -0.4 is 5.32 Å². The molecule has 0 aliphatic carbocycles. The molecule has 0 aliphatic heterocycles. The van der Waals surface area contributed by atoms with E-state index >= 15 is 0 Å². The zero-order valence-electron chi connectivity index (χ0n) is 15.9. The molecule has 0 bridgehead atoms. The number of hydrogen-bond acceptors (Lipinski definition) is 5. The van der Waals surface area contributed by atoms with Gasteiger partial charge in [0.15, 0.2) is 0 Å². The first-order chi connectivity index (χ1) is 14.9. The van der Waals surface area contributed by atoms with E-state index in [0.29, 0.717) is 28.5 Å². The van der Waals surface area contributed by atoms with Crippen molar-refractivity contribution in [2.75, 3.05) is 5.32 Å². The Labute approximate surface area is 174 Å². The maximum absolute atomic E-state index is 12.9. The summed E-state index contributed by atoms with van der Waals surface area (Å²) in [6.45, 7) is 0. The van der Waals surface area contributed by atoms with E-state index in [9.17, 15) is 18.0 Å². The van der Waals surface area contributed by atoms with Crippen molar-refractivity contribution in [3.8, 4) is 11.4 Å². The molecule has 0 saturated carbocycles. The minimum absolute atomic E-state index is 0.0960. The van der Waals surface area contributed by atoms with Crippen molar-refractivity contribution in [3.63, 3.8) is 0 Å². The summed E-state index contributed by atoms with van der Waals surface area (Å²) in [4.78, 5) is 20.9. The van der Waals surface area contributed by atoms with Crippen molar-refractivity contribution in [2.24, 2.45) is 0 Å². The van der Waals surface area contributed by atoms with Gasteiger partial charge in [0, 0.05) is 29.2 Å². The van der Waals surface area contributed by atoms with Gasteiger partial charge >= 0.3 is 6.18 Å². The number of benzene rings is 2. The van der Waals surface area contributed by atoms with Crippen LogP contribution in [-0.4, -0.2) is 21.0 Å². The van der Waals surface area contributed by atoms with Gasteiger partial charge in [-0.1, -0.05) is 29.4 Å². The van der Waals surface area contributed by atoms with Crippen molar-refractivity contribution in [1.29, 1.82) is 0 Å². The molecule has 1 N–H and O–H groups in total. The molecule has 31 heavy (non-hydrogen) atoms. The maximum atomic E-state index is 12.9. The molecule has 156 valence electrons. The molecule has 6 nitrogen and oxygen atoms in total. The Balaban J connectivity index is 1.53. The number of anilines is 1. The SMILES string of the molecule is O=C(Nc1ccccc1Cc1nc(-c2cccnc2)no1)c1cccc(C(F)(F)F)c1. The van der Waals surface area contributed by atoms with E-state index in [1.54, 1.807) is 48.8 Å². The van der Waals surface area contributed by atoms with Crippen molar-refractivity contribution in [1.82, 2.24) is 15.1 Å². The van der Waals surface area contributed by atoms with Gasteiger partial charge in [0.2, 0.25) is 11.7 Å². The van der Waals surface area contributed by atoms with Crippen LogP contribution in [-0.2, 0) is 12.6 Å². The molecule has 4 rings (SSSR count). The Morgan fingerprint density at radius 1 is 1.03 bits per heavy atom. The summed E-state index contributed by atoms with van der Waals surface area (Å²) in [5.41, 5.74) is 0.822. The van der Waals surface area contributed by atoms with Gasteiger partial charge in [-0.3, -0.25) is 9.78 Å². The quantitative estimate of drug-likeness (QED) is 0.488. The van der Waals surface area contributed by atoms with Crippen LogP contribution in [0.3, 0.4) is 0 Å². The number of amides is 1. The zero-order valence-corrected chi connectivity index (χ0v) is 15.9. The van der Waals surface area contributed by atoms with E-state index in [0.717, 1.165) is 12.1 Å². The topological polar surface area (TPSA) is 80.9 Å². The van der Waals surface area contributed by atoms with Crippen molar-refractivity contribution < 1.29 is 22.5 Å². The fourth-order valence-corrected chi connectivity index (χ4v) is 2.93. The predicted molar refractivity (Wildman–Crippen MR) is 106 cm³/mol. The molecule has 0 radical (unpaired) electrons. The van der Waals surface area contributed by atoms with Gasteiger partial charge in [0.25, 0.3) is 5.91 Å². The van der Waals surface area contributed by atoms with Crippen LogP contribution in [0.5, 0.6) is 0 Å². The van der Waals surface area contributed by atoms with E-state index in [2.05, 4.69) is 20.4 Å². The summed E-state index contributed by atoms with van der Waals surface area (Å²) < 4.78 is 44.1. The molecule has 0 aliphatic rings. The van der Waals surface area contributed by atoms with Crippen LogP contribution in [0.1, 0.15) is 27.4 Å². The third-order valence-corrected chi connectivity index (χ3v) is 4.45. The van der Waals surface area contributed by atoms with Gasteiger partial charge in [-0.2, -0.15) is 18.2 Å². The van der Waals surface area contributed by atoms with Gasteiger partial charge in [-0.25, -0.2) is 0 Å². The molecule has 2 aromatic carbocycles. The summed E-state index contributed by atoms with van der Waals surface area (Å²) in [5, 5.41) is 6.59. The van der Waals surface area contributed by atoms with Gasteiger partial charge in [-0.05, 0) is 42.0 Å². The van der Waals surface area contributed by atoms with Crippen LogP contribution in [0.15, 0.2) is 77.6 Å². The number of alkyl halides is 3. The van der Waals surface area contributed by atoms with Crippen LogP contribution in [0.25, 0.3) is 11.4 Å². The molecule has 0 atom stereocenters. The molecular formula is C22H15F3N4O2. The van der Waals surface area contributed by atoms with Crippen LogP contribution in [0.2, 0.25) is 0 Å². The van der Waals surface area contributed by atoms with Crippen molar-refractivity contribution in [2.45, 2.75) is 12.6 Å². The fourth-order valence-electron chi connectivity index (χ4n) is 2.93. The Bertz CT molecular complexity index is 1210. The average molecular weight is 424 g/mol. The number of carbonyl (C=O) groups excluding carboxylic acids is 1. The van der Waals surface area contributed by atoms with Crippen LogP contribution in [0.4, 0.5) is 18.9 Å². The Morgan fingerprint density at radius 2 is 1.87 bits per heavy atom. The highest BCUT2D eigenvalue weighted by Gasteiger charge is 2.31. The highest BCUT2D eigenvalue weighted by atomic mass is 19.4. The first-order valence-corrected chi connectivity index (χ1v) is 9.19. The number of nitrogens with zero attached hydrogens (tertiary/aromatic N) is 3. The number of nitrogens with one attached hydrogen (secondary N) is 1. The molecule has 0 saturated heterocycles. The second kappa shape index (κ2) is 8.39. The highest BCUT2D eigenvalue weighted by Crippen LogP contribution is 2.30. The van der Waals surface area contributed by atoms with E-state index in [1.165, 1.54) is 12.1 Å². The third kappa shape index (κ3) is 4.77. The molecule has 2 aromatic heterocycles. The van der Waals surface area contributed by atoms with E-state index in [4.69, 9.17) is 4.52 Å². The smallest absolute Gasteiger partial charge is 0.339 e. The molecule has 4 aromatic rings. The number of halogens is 3. The fraction of sp³-hybridized carbons (Fsp3) is 0.0909. The minimum atomic E-state index is -4.53. The monoisotopic (exact) mass is 424 g/mol.